The van der Waals surface area contributed by atoms with Gasteiger partial charge in [0.25, 0.3) is 5.69 Å². The smallest absolute Gasteiger partial charge is 0.352 e. The van der Waals surface area contributed by atoms with E-state index in [0.717, 1.165) is 43.2 Å². The molecule has 11 heteroatoms. The van der Waals surface area contributed by atoms with Crippen LogP contribution in [0.2, 0.25) is 0 Å². The van der Waals surface area contributed by atoms with Crippen LogP contribution in [0, 0.1) is 10.1 Å². The lowest BCUT2D eigenvalue weighted by atomic mass is 10.1. The maximum absolute atomic E-state index is 11.6. The summed E-state index contributed by atoms with van der Waals surface area (Å²) in [6, 6.07) is 14.1. The monoisotopic (exact) mass is 467 g/mol. The van der Waals surface area contributed by atoms with E-state index in [2.05, 4.69) is 20.4 Å². The third kappa shape index (κ3) is 5.51. The maximum Gasteiger partial charge on any atom is 0.352 e. The van der Waals surface area contributed by atoms with Gasteiger partial charge in [-0.25, -0.2) is 9.78 Å². The Bertz CT molecular complexity index is 1170. The second kappa shape index (κ2) is 10.2. The maximum atomic E-state index is 11.6. The number of carboxylic acids is 1. The van der Waals surface area contributed by atoms with Crippen molar-refractivity contribution in [2.75, 3.05) is 36.6 Å². The first-order chi connectivity index (χ1) is 16.0. The van der Waals surface area contributed by atoms with E-state index in [1.54, 1.807) is 6.07 Å². The first-order valence-corrected chi connectivity index (χ1v) is 11.1. The van der Waals surface area contributed by atoms with Gasteiger partial charge >= 0.3 is 5.97 Å². The highest BCUT2D eigenvalue weighted by Gasteiger charge is 2.19. The Morgan fingerprint density at radius 1 is 1.21 bits per heavy atom. The molecule has 2 aromatic carbocycles. The van der Waals surface area contributed by atoms with Crippen LogP contribution in [0.15, 0.2) is 59.0 Å². The van der Waals surface area contributed by atoms with Gasteiger partial charge in [0, 0.05) is 47.8 Å². The molecule has 4 rings (SSSR count). The number of benzene rings is 2. The van der Waals surface area contributed by atoms with Crippen LogP contribution in [0.1, 0.15) is 5.56 Å². The summed E-state index contributed by atoms with van der Waals surface area (Å²) in [5.41, 5.74) is 5.33. The van der Waals surface area contributed by atoms with Gasteiger partial charge < -0.3 is 14.7 Å². The number of thiazole rings is 1. The van der Waals surface area contributed by atoms with Crippen LogP contribution < -0.4 is 10.3 Å². The van der Waals surface area contributed by atoms with E-state index in [-0.39, 0.29) is 23.4 Å². The number of nitrogens with one attached hydrogen (secondary N) is 1. The minimum absolute atomic E-state index is 0.150. The Labute approximate surface area is 193 Å². The summed E-state index contributed by atoms with van der Waals surface area (Å²) in [5.74, 6) is -1.27. The molecule has 1 saturated heterocycles. The molecule has 2 heterocycles. The number of para-hydroxylation sites is 1. The number of hydrazone groups is 1. The van der Waals surface area contributed by atoms with Gasteiger partial charge in [0.1, 0.15) is 5.71 Å². The molecule has 1 aromatic heterocycles. The number of hydrogen-bond acceptors (Lipinski definition) is 9. The van der Waals surface area contributed by atoms with Gasteiger partial charge in [0.05, 0.1) is 23.8 Å². The Hall–Kier alpha value is -3.83. The largest absolute Gasteiger partial charge is 0.477 e. The molecule has 1 aliphatic heterocycles. The number of nitrogens with zero attached hydrogens (tertiary/aromatic N) is 4. The van der Waals surface area contributed by atoms with Crippen molar-refractivity contribution in [1.82, 2.24) is 4.98 Å². The Balaban J connectivity index is 1.45. The van der Waals surface area contributed by atoms with Crippen molar-refractivity contribution >= 4 is 39.5 Å². The number of nitro groups is 1. The van der Waals surface area contributed by atoms with Crippen molar-refractivity contribution in [1.29, 1.82) is 0 Å². The molecule has 0 unspecified atom stereocenters. The highest BCUT2D eigenvalue weighted by molar-refractivity contribution is 7.14. The molecule has 0 amide bonds. The highest BCUT2D eigenvalue weighted by atomic mass is 32.1. The van der Waals surface area contributed by atoms with E-state index in [4.69, 9.17) is 4.74 Å². The zero-order valence-corrected chi connectivity index (χ0v) is 18.3. The number of hydrogen-bond donors (Lipinski definition) is 2. The van der Waals surface area contributed by atoms with Crippen LogP contribution in [-0.4, -0.2) is 53.0 Å². The van der Waals surface area contributed by atoms with Crippen LogP contribution >= 0.6 is 11.3 Å². The molecule has 0 saturated carbocycles. The molecule has 0 bridgehead atoms. The summed E-state index contributed by atoms with van der Waals surface area (Å²) in [4.78, 5) is 29.0. The average Bonchev–Trinajstić information content (AvgIpc) is 3.31. The number of aromatic nitrogens is 1. The lowest BCUT2D eigenvalue weighted by molar-refractivity contribution is -0.385. The summed E-state index contributed by atoms with van der Waals surface area (Å²) in [6.07, 6.45) is -0.194. The number of carbonyl (C=O) groups is 1. The fraction of sp³-hybridized carbons (Fsp3) is 0.227. The number of anilines is 2. The predicted molar refractivity (Wildman–Crippen MR) is 126 cm³/mol. The molecule has 0 radical (unpaired) electrons. The van der Waals surface area contributed by atoms with Gasteiger partial charge in [-0.3, -0.25) is 15.5 Å². The van der Waals surface area contributed by atoms with Crippen molar-refractivity contribution in [3.63, 3.8) is 0 Å². The Morgan fingerprint density at radius 2 is 1.94 bits per heavy atom. The molecule has 0 aliphatic carbocycles. The minimum Gasteiger partial charge on any atom is -0.477 e. The average molecular weight is 468 g/mol. The first-order valence-electron chi connectivity index (χ1n) is 10.2. The summed E-state index contributed by atoms with van der Waals surface area (Å²) in [5, 5.41) is 26.9. The van der Waals surface area contributed by atoms with E-state index in [1.807, 2.05) is 29.6 Å². The Morgan fingerprint density at radius 3 is 2.64 bits per heavy atom. The second-order valence-corrected chi connectivity index (χ2v) is 8.08. The minimum atomic E-state index is -1.27. The van der Waals surface area contributed by atoms with Gasteiger partial charge in [-0.2, -0.15) is 5.10 Å². The van der Waals surface area contributed by atoms with Crippen molar-refractivity contribution in [2.45, 2.75) is 6.42 Å². The summed E-state index contributed by atoms with van der Waals surface area (Å²) in [7, 11) is 0. The highest BCUT2D eigenvalue weighted by Crippen LogP contribution is 2.27. The fourth-order valence-corrected chi connectivity index (χ4v) is 4.08. The Kier molecular flexibility index (Phi) is 6.91. The summed E-state index contributed by atoms with van der Waals surface area (Å²) in [6.45, 7) is 3.17. The molecular weight excluding hydrogens is 446 g/mol. The molecule has 33 heavy (non-hydrogen) atoms. The second-order valence-electron chi connectivity index (χ2n) is 7.22. The van der Waals surface area contributed by atoms with Crippen LogP contribution in [0.25, 0.3) is 11.3 Å². The number of morpholine rings is 1. The topological polar surface area (TPSA) is 130 Å². The van der Waals surface area contributed by atoms with Crippen molar-refractivity contribution < 1.29 is 19.6 Å². The summed E-state index contributed by atoms with van der Waals surface area (Å²) >= 11 is 1.29. The van der Waals surface area contributed by atoms with E-state index < -0.39 is 10.9 Å². The summed E-state index contributed by atoms with van der Waals surface area (Å²) < 4.78 is 5.39. The molecule has 170 valence electrons. The van der Waals surface area contributed by atoms with E-state index in [0.29, 0.717) is 5.13 Å². The van der Waals surface area contributed by atoms with E-state index in [9.17, 15) is 20.0 Å². The van der Waals surface area contributed by atoms with Crippen molar-refractivity contribution in [3.8, 4) is 11.3 Å². The number of ether oxygens (including phenoxy) is 1. The van der Waals surface area contributed by atoms with Gasteiger partial charge in [-0.05, 0) is 12.1 Å². The van der Waals surface area contributed by atoms with Gasteiger partial charge in [0.15, 0.2) is 0 Å². The number of carboxylic acid groups (broad SMARTS) is 1. The normalized spacial score (nSPS) is 14.2. The lowest BCUT2D eigenvalue weighted by Gasteiger charge is -2.28. The number of nitro benzene ring substituents is 1. The number of aliphatic carboxylic acids is 1. The van der Waals surface area contributed by atoms with Gasteiger partial charge in [-0.1, -0.05) is 30.3 Å². The van der Waals surface area contributed by atoms with Crippen molar-refractivity contribution in [3.05, 3.63) is 69.6 Å². The molecule has 0 atom stereocenters. The quantitative estimate of drug-likeness (QED) is 0.292. The van der Waals surface area contributed by atoms with Crippen LogP contribution in [-0.2, 0) is 16.0 Å². The third-order valence-electron chi connectivity index (χ3n) is 5.12. The van der Waals surface area contributed by atoms with Crippen molar-refractivity contribution in [2.24, 2.45) is 5.10 Å². The van der Waals surface area contributed by atoms with Crippen LogP contribution in [0.3, 0.4) is 0 Å². The van der Waals surface area contributed by atoms with Crippen LogP contribution in [0.4, 0.5) is 16.5 Å². The SMILES string of the molecule is O=C(O)C(Cc1ccccc1[N+](=O)[O-])=NNc1nc(-c2ccc(N3CCOCC3)cc2)cs1. The van der Waals surface area contributed by atoms with Crippen LogP contribution in [0.5, 0.6) is 0 Å². The molecule has 2 N–H and O–H groups in total. The van der Waals surface area contributed by atoms with Gasteiger partial charge in [-0.15, -0.1) is 11.3 Å². The molecule has 0 spiro atoms. The fourth-order valence-electron chi connectivity index (χ4n) is 3.42. The van der Waals surface area contributed by atoms with E-state index in [1.165, 1.54) is 29.5 Å². The molecule has 1 aliphatic rings. The zero-order valence-electron chi connectivity index (χ0n) is 17.5. The predicted octanol–water partition coefficient (Wildman–Crippen LogP) is 3.65. The van der Waals surface area contributed by atoms with Gasteiger partial charge in [0.2, 0.25) is 5.13 Å². The molecule has 1 fully saturated rings. The third-order valence-corrected chi connectivity index (χ3v) is 5.87. The standard InChI is InChI=1S/C22H21N5O5S/c28-21(29)18(13-16-3-1-2-4-20(16)27(30)31)24-25-22-23-19(14-33-22)15-5-7-17(8-6-15)26-9-11-32-12-10-26/h1-8,14H,9-13H2,(H,23,25)(H,28,29). The molecule has 3 aromatic rings. The zero-order chi connectivity index (χ0) is 23.2. The molecule has 10 nitrogen and oxygen atoms in total. The number of rotatable bonds is 8. The molecular formula is C22H21N5O5S. The van der Waals surface area contributed by atoms with E-state index >= 15 is 0 Å². The first kappa shape index (κ1) is 22.4. The lowest BCUT2D eigenvalue weighted by Crippen LogP contribution is -2.36.